The van der Waals surface area contributed by atoms with Crippen molar-refractivity contribution >= 4 is 5.91 Å². The fourth-order valence-electron chi connectivity index (χ4n) is 1.79. The zero-order valence-corrected chi connectivity index (χ0v) is 10.9. The number of rotatable bonds is 7. The van der Waals surface area contributed by atoms with Gasteiger partial charge in [0.1, 0.15) is 0 Å². The van der Waals surface area contributed by atoms with Gasteiger partial charge in [0.05, 0.1) is 25.0 Å². The molecule has 0 fully saturated rings. The van der Waals surface area contributed by atoms with Crippen LogP contribution in [-0.2, 0) is 11.2 Å². The highest BCUT2D eigenvalue weighted by molar-refractivity contribution is 5.76. The molecular formula is C15H17N3O. The van der Waals surface area contributed by atoms with E-state index in [0.717, 1.165) is 5.56 Å². The summed E-state index contributed by atoms with van der Waals surface area (Å²) >= 11 is 0. The van der Waals surface area contributed by atoms with E-state index >= 15 is 0 Å². The number of benzene rings is 1. The molecule has 4 nitrogen and oxygen atoms in total. The first-order valence-electron chi connectivity index (χ1n) is 6.33. The Hall–Kier alpha value is -2.33. The number of nitriles is 2. The molecule has 0 aliphatic carbocycles. The van der Waals surface area contributed by atoms with E-state index < -0.39 is 0 Å². The van der Waals surface area contributed by atoms with Gasteiger partial charge in [-0.1, -0.05) is 30.3 Å². The summed E-state index contributed by atoms with van der Waals surface area (Å²) < 4.78 is 0. The highest BCUT2D eigenvalue weighted by Crippen LogP contribution is 2.06. The van der Waals surface area contributed by atoms with Crippen molar-refractivity contribution in [2.24, 2.45) is 0 Å². The van der Waals surface area contributed by atoms with E-state index in [-0.39, 0.29) is 5.91 Å². The van der Waals surface area contributed by atoms with Crippen molar-refractivity contribution in [1.82, 2.24) is 4.90 Å². The zero-order valence-electron chi connectivity index (χ0n) is 10.9. The first-order valence-corrected chi connectivity index (χ1v) is 6.33. The van der Waals surface area contributed by atoms with E-state index in [1.165, 1.54) is 0 Å². The van der Waals surface area contributed by atoms with Crippen LogP contribution in [0.2, 0.25) is 0 Å². The molecule has 1 rings (SSSR count). The van der Waals surface area contributed by atoms with Gasteiger partial charge >= 0.3 is 0 Å². The van der Waals surface area contributed by atoms with Crippen molar-refractivity contribution in [3.05, 3.63) is 35.9 Å². The van der Waals surface area contributed by atoms with Crippen LogP contribution >= 0.6 is 0 Å². The van der Waals surface area contributed by atoms with Gasteiger partial charge in [0.25, 0.3) is 0 Å². The Labute approximate surface area is 113 Å². The predicted molar refractivity (Wildman–Crippen MR) is 71.8 cm³/mol. The number of amides is 1. The molecule has 0 saturated heterocycles. The average Bonchev–Trinajstić information content (AvgIpc) is 2.46. The van der Waals surface area contributed by atoms with Crippen molar-refractivity contribution in [3.63, 3.8) is 0 Å². The maximum Gasteiger partial charge on any atom is 0.222 e. The molecule has 0 spiro atoms. The smallest absolute Gasteiger partial charge is 0.222 e. The summed E-state index contributed by atoms with van der Waals surface area (Å²) in [5.41, 5.74) is 1.12. The van der Waals surface area contributed by atoms with E-state index in [4.69, 9.17) is 10.5 Å². The van der Waals surface area contributed by atoms with Crippen LogP contribution in [0.1, 0.15) is 24.8 Å². The summed E-state index contributed by atoms with van der Waals surface area (Å²) in [5, 5.41) is 17.2. The SMILES string of the molecule is N#CCCN(CCC#N)C(=O)CCc1ccccc1. The summed E-state index contributed by atoms with van der Waals surface area (Å²) in [7, 11) is 0. The Balaban J connectivity index is 2.47. The number of hydrogen-bond donors (Lipinski definition) is 0. The lowest BCUT2D eigenvalue weighted by Crippen LogP contribution is -2.32. The minimum atomic E-state index is 0.00866. The van der Waals surface area contributed by atoms with E-state index in [0.29, 0.717) is 38.8 Å². The molecule has 4 heteroatoms. The van der Waals surface area contributed by atoms with Gasteiger partial charge in [-0.3, -0.25) is 4.79 Å². The minimum Gasteiger partial charge on any atom is -0.341 e. The number of carbonyl (C=O) groups is 1. The highest BCUT2D eigenvalue weighted by atomic mass is 16.2. The van der Waals surface area contributed by atoms with Crippen LogP contribution in [0.3, 0.4) is 0 Å². The highest BCUT2D eigenvalue weighted by Gasteiger charge is 2.12. The van der Waals surface area contributed by atoms with E-state index in [1.807, 2.05) is 42.5 Å². The molecule has 0 radical (unpaired) electrons. The van der Waals surface area contributed by atoms with Crippen LogP contribution in [0.25, 0.3) is 0 Å². The molecule has 0 bridgehead atoms. The molecule has 1 aromatic carbocycles. The van der Waals surface area contributed by atoms with Gasteiger partial charge in [0.15, 0.2) is 0 Å². The number of aryl methyl sites for hydroxylation is 1. The lowest BCUT2D eigenvalue weighted by atomic mass is 10.1. The molecule has 0 aliphatic heterocycles. The van der Waals surface area contributed by atoms with Crippen LogP contribution in [0.15, 0.2) is 30.3 Å². The van der Waals surface area contributed by atoms with Crippen molar-refractivity contribution in [2.75, 3.05) is 13.1 Å². The third kappa shape index (κ3) is 5.70. The molecule has 0 atom stereocenters. The van der Waals surface area contributed by atoms with Crippen LogP contribution in [0.5, 0.6) is 0 Å². The van der Waals surface area contributed by atoms with Crippen molar-refractivity contribution in [3.8, 4) is 12.1 Å². The van der Waals surface area contributed by atoms with Gasteiger partial charge < -0.3 is 4.90 Å². The number of hydrogen-bond acceptors (Lipinski definition) is 3. The molecule has 0 unspecified atom stereocenters. The Morgan fingerprint density at radius 1 is 1.05 bits per heavy atom. The lowest BCUT2D eigenvalue weighted by Gasteiger charge is -2.20. The molecule has 0 aromatic heterocycles. The lowest BCUT2D eigenvalue weighted by molar-refractivity contribution is -0.131. The second kappa shape index (κ2) is 8.72. The standard InChI is InChI=1S/C15H17N3O/c16-10-4-12-18(13-5-11-17)15(19)9-8-14-6-2-1-3-7-14/h1-3,6-7H,4-5,8-9,12-13H2. The van der Waals surface area contributed by atoms with Crippen molar-refractivity contribution in [1.29, 1.82) is 10.5 Å². The quantitative estimate of drug-likeness (QED) is 0.750. The fourth-order valence-corrected chi connectivity index (χ4v) is 1.79. The van der Waals surface area contributed by atoms with Gasteiger partial charge in [0.2, 0.25) is 5.91 Å². The molecule has 1 amide bonds. The summed E-state index contributed by atoms with van der Waals surface area (Å²) in [6.07, 6.45) is 1.72. The largest absolute Gasteiger partial charge is 0.341 e. The summed E-state index contributed by atoms with van der Waals surface area (Å²) in [5.74, 6) is 0.00866. The molecular weight excluding hydrogens is 238 g/mol. The molecule has 0 heterocycles. The predicted octanol–water partition coefficient (Wildman–Crippen LogP) is 2.28. The van der Waals surface area contributed by atoms with Crippen LogP contribution in [-0.4, -0.2) is 23.9 Å². The van der Waals surface area contributed by atoms with E-state index in [2.05, 4.69) is 0 Å². The normalized spacial score (nSPS) is 9.37. The number of carbonyl (C=O) groups excluding carboxylic acids is 1. The van der Waals surface area contributed by atoms with Crippen LogP contribution in [0, 0.1) is 22.7 Å². The van der Waals surface area contributed by atoms with Gasteiger partial charge in [0, 0.05) is 19.5 Å². The molecule has 19 heavy (non-hydrogen) atoms. The second-order valence-electron chi connectivity index (χ2n) is 4.18. The van der Waals surface area contributed by atoms with Crippen LogP contribution in [0.4, 0.5) is 0 Å². The Morgan fingerprint density at radius 3 is 2.16 bits per heavy atom. The third-order valence-corrected chi connectivity index (χ3v) is 2.81. The monoisotopic (exact) mass is 255 g/mol. The molecule has 1 aromatic rings. The Kier molecular flexibility index (Phi) is 6.76. The Bertz CT molecular complexity index is 452. The van der Waals surface area contributed by atoms with Gasteiger partial charge in [-0.15, -0.1) is 0 Å². The maximum atomic E-state index is 12.0. The number of nitrogens with zero attached hydrogens (tertiary/aromatic N) is 3. The second-order valence-corrected chi connectivity index (χ2v) is 4.18. The average molecular weight is 255 g/mol. The van der Waals surface area contributed by atoms with E-state index in [9.17, 15) is 4.79 Å². The van der Waals surface area contributed by atoms with Crippen molar-refractivity contribution < 1.29 is 4.79 Å². The molecule has 0 N–H and O–H groups in total. The van der Waals surface area contributed by atoms with Gasteiger partial charge in [-0.2, -0.15) is 10.5 Å². The fraction of sp³-hybridized carbons (Fsp3) is 0.400. The Morgan fingerprint density at radius 2 is 1.63 bits per heavy atom. The topological polar surface area (TPSA) is 67.9 Å². The minimum absolute atomic E-state index is 0.00866. The van der Waals surface area contributed by atoms with Gasteiger partial charge in [-0.25, -0.2) is 0 Å². The van der Waals surface area contributed by atoms with Crippen LogP contribution < -0.4 is 0 Å². The summed E-state index contributed by atoms with van der Waals surface area (Å²) in [6, 6.07) is 13.9. The molecule has 0 aliphatic rings. The molecule has 98 valence electrons. The first kappa shape index (κ1) is 14.7. The zero-order chi connectivity index (χ0) is 13.9. The third-order valence-electron chi connectivity index (χ3n) is 2.81. The summed E-state index contributed by atoms with van der Waals surface area (Å²) in [6.45, 7) is 0.817. The molecule has 0 saturated carbocycles. The summed E-state index contributed by atoms with van der Waals surface area (Å²) in [4.78, 5) is 13.6. The van der Waals surface area contributed by atoms with E-state index in [1.54, 1.807) is 4.90 Å². The maximum absolute atomic E-state index is 12.0. The van der Waals surface area contributed by atoms with Gasteiger partial charge in [-0.05, 0) is 12.0 Å². The van der Waals surface area contributed by atoms with Crippen molar-refractivity contribution in [2.45, 2.75) is 25.7 Å². The first-order chi connectivity index (χ1) is 9.27.